The van der Waals surface area contributed by atoms with E-state index in [0.717, 1.165) is 11.1 Å². The molecule has 4 heterocycles. The number of aliphatic hydroxyl groups is 1. The van der Waals surface area contributed by atoms with Crippen LogP contribution in [-0.4, -0.2) is 69.9 Å². The lowest BCUT2D eigenvalue weighted by atomic mass is 9.81. The van der Waals surface area contributed by atoms with E-state index >= 15 is 4.39 Å². The fourth-order valence-corrected chi connectivity index (χ4v) is 7.80. The van der Waals surface area contributed by atoms with Gasteiger partial charge in [0.25, 0.3) is 11.5 Å². The highest BCUT2D eigenvalue weighted by atomic mass is 19.1. The topological polar surface area (TPSA) is 213 Å². The lowest BCUT2D eigenvalue weighted by molar-refractivity contribution is -0.172. The number of carbonyl (C=O) groups is 4. The van der Waals surface area contributed by atoms with Gasteiger partial charge >= 0.3 is 5.97 Å². The molecule has 0 unspecified atom stereocenters. The highest BCUT2D eigenvalue weighted by Gasteiger charge is 2.46. The van der Waals surface area contributed by atoms with Crippen LogP contribution in [0.4, 0.5) is 4.39 Å². The largest absolute Gasteiger partial charge is 0.458 e. The van der Waals surface area contributed by atoms with Crippen LogP contribution in [0.15, 0.2) is 47.3 Å². The van der Waals surface area contributed by atoms with Crippen LogP contribution in [0, 0.1) is 12.7 Å². The number of rotatable bonds is 13. The Kier molecular flexibility index (Phi) is 11.0. The fraction of sp³-hybridized carbons (Fsp3) is 0.415. The zero-order valence-corrected chi connectivity index (χ0v) is 32.1. The van der Waals surface area contributed by atoms with E-state index in [1.165, 1.54) is 24.5 Å². The number of nitrogens with zero attached hydrogens (tertiary/aromatic N) is 2. The van der Waals surface area contributed by atoms with Gasteiger partial charge in [0.2, 0.25) is 11.8 Å². The van der Waals surface area contributed by atoms with Crippen molar-refractivity contribution in [2.75, 3.05) is 13.3 Å². The molecule has 6 N–H and O–H groups in total. The van der Waals surface area contributed by atoms with Crippen LogP contribution in [0.1, 0.15) is 78.6 Å². The second-order valence-electron chi connectivity index (χ2n) is 14.8. The summed E-state index contributed by atoms with van der Waals surface area (Å²) in [5, 5.41) is 20.2. The number of hydrogen-bond donors (Lipinski definition) is 5. The number of fused-ring (bicyclic) bond motifs is 5. The van der Waals surface area contributed by atoms with Gasteiger partial charge in [0.1, 0.15) is 25.2 Å². The van der Waals surface area contributed by atoms with Gasteiger partial charge in [0.15, 0.2) is 11.7 Å². The first-order valence-electron chi connectivity index (χ1n) is 18.9. The van der Waals surface area contributed by atoms with Crippen LogP contribution in [0.5, 0.6) is 0 Å². The molecular weight excluding hydrogens is 739 g/mol. The summed E-state index contributed by atoms with van der Waals surface area (Å²) in [6.45, 7) is 5.69. The maximum Gasteiger partial charge on any atom is 0.343 e. The molecule has 3 amide bonds. The van der Waals surface area contributed by atoms with Crippen molar-refractivity contribution in [3.05, 3.63) is 97.6 Å². The van der Waals surface area contributed by atoms with Crippen LogP contribution in [0.2, 0.25) is 0 Å². The number of carbonyl (C=O) groups excluding carboxylic acids is 4. The first kappa shape index (κ1) is 39.7. The molecule has 57 heavy (non-hydrogen) atoms. The number of amides is 3. The quantitative estimate of drug-likeness (QED) is 0.0862. The monoisotopic (exact) mass is 784 g/mol. The van der Waals surface area contributed by atoms with E-state index in [1.54, 1.807) is 19.9 Å². The van der Waals surface area contributed by atoms with E-state index in [4.69, 9.17) is 24.9 Å². The van der Waals surface area contributed by atoms with Crippen LogP contribution in [0.3, 0.4) is 0 Å². The van der Waals surface area contributed by atoms with Crippen LogP contribution < -0.4 is 27.2 Å². The second-order valence-corrected chi connectivity index (χ2v) is 14.8. The third-order valence-corrected chi connectivity index (χ3v) is 11.1. The van der Waals surface area contributed by atoms with Crippen LogP contribution in [0.25, 0.3) is 22.3 Å². The molecule has 5 atom stereocenters. The summed E-state index contributed by atoms with van der Waals surface area (Å²) in [4.78, 5) is 70.6. The van der Waals surface area contributed by atoms with Crippen molar-refractivity contribution >= 4 is 34.6 Å². The SMILES string of the molecule is CC[C@@]1(O)C(=O)OCc2c1cc1n(c2=O)Cc2c-1nc1cc(F)c(C)c3c1c2[C@@H](NC(=O)[C@@H](COCc1ccccc1)OCNC(=O)[C@H](C)NC(=O)[C@H](C)N)CC3. The first-order valence-corrected chi connectivity index (χ1v) is 18.9. The molecule has 0 saturated carbocycles. The Morgan fingerprint density at radius 2 is 1.86 bits per heavy atom. The summed E-state index contributed by atoms with van der Waals surface area (Å²) in [6, 6.07) is 9.89. The molecular formula is C41H45FN6O9. The number of cyclic esters (lactones) is 1. The minimum atomic E-state index is -2.03. The van der Waals surface area contributed by atoms with Gasteiger partial charge in [-0.2, -0.15) is 0 Å². The normalized spacial score (nSPS) is 19.4. The maximum atomic E-state index is 15.4. The highest BCUT2D eigenvalue weighted by molar-refractivity contribution is 5.94. The van der Waals surface area contributed by atoms with Gasteiger partial charge in [-0.1, -0.05) is 37.3 Å². The van der Waals surface area contributed by atoms with Crippen molar-refractivity contribution in [1.29, 1.82) is 0 Å². The number of nitrogens with two attached hydrogens (primary N) is 1. The Balaban J connectivity index is 1.21. The zero-order valence-electron chi connectivity index (χ0n) is 32.1. The van der Waals surface area contributed by atoms with Gasteiger partial charge in [-0.05, 0) is 68.4 Å². The van der Waals surface area contributed by atoms with E-state index in [2.05, 4.69) is 16.0 Å². The van der Waals surface area contributed by atoms with Gasteiger partial charge in [-0.25, -0.2) is 14.2 Å². The molecule has 2 aromatic heterocycles. The molecule has 15 nitrogen and oxygen atoms in total. The lowest BCUT2D eigenvalue weighted by Crippen LogP contribution is -2.50. The number of pyridine rings is 2. The molecule has 4 aromatic rings. The molecule has 0 saturated heterocycles. The molecule has 1 aliphatic carbocycles. The molecule has 2 aromatic carbocycles. The average Bonchev–Trinajstić information content (AvgIpc) is 3.57. The zero-order chi connectivity index (χ0) is 40.8. The van der Waals surface area contributed by atoms with Crippen LogP contribution in [-0.2, 0) is 65.2 Å². The molecule has 0 fully saturated rings. The molecule has 16 heteroatoms. The van der Waals surface area contributed by atoms with Crippen LogP contribution >= 0.6 is 0 Å². The predicted molar refractivity (Wildman–Crippen MR) is 204 cm³/mol. The fourth-order valence-electron chi connectivity index (χ4n) is 7.80. The summed E-state index contributed by atoms with van der Waals surface area (Å²) < 4.78 is 34.0. The van der Waals surface area contributed by atoms with E-state index in [9.17, 15) is 29.1 Å². The molecule has 0 bridgehead atoms. The van der Waals surface area contributed by atoms with Gasteiger partial charge in [-0.3, -0.25) is 19.2 Å². The Bertz CT molecular complexity index is 2350. The van der Waals surface area contributed by atoms with Gasteiger partial charge in [0, 0.05) is 22.6 Å². The van der Waals surface area contributed by atoms with E-state index in [0.29, 0.717) is 51.8 Å². The van der Waals surface area contributed by atoms with Crippen molar-refractivity contribution in [2.24, 2.45) is 5.73 Å². The van der Waals surface area contributed by atoms with E-state index in [1.807, 2.05) is 30.3 Å². The minimum Gasteiger partial charge on any atom is -0.458 e. The lowest BCUT2D eigenvalue weighted by Gasteiger charge is -2.31. The smallest absolute Gasteiger partial charge is 0.343 e. The van der Waals surface area contributed by atoms with E-state index in [-0.39, 0.29) is 50.6 Å². The number of esters is 1. The van der Waals surface area contributed by atoms with Gasteiger partial charge < -0.3 is 45.6 Å². The number of benzene rings is 2. The summed E-state index contributed by atoms with van der Waals surface area (Å²) in [5.41, 5.74) is 7.86. The maximum absolute atomic E-state index is 15.4. The van der Waals surface area contributed by atoms with Gasteiger partial charge in [0.05, 0.1) is 54.3 Å². The Labute approximate surface area is 327 Å². The number of aromatic nitrogens is 2. The highest BCUT2D eigenvalue weighted by Crippen LogP contribution is 2.46. The minimum absolute atomic E-state index is 0.0297. The number of ether oxygens (including phenoxy) is 3. The van der Waals surface area contributed by atoms with E-state index < -0.39 is 64.9 Å². The van der Waals surface area contributed by atoms with Crippen molar-refractivity contribution in [1.82, 2.24) is 25.5 Å². The number of aryl methyl sites for hydroxylation is 1. The first-order chi connectivity index (χ1) is 27.2. The molecule has 0 spiro atoms. The predicted octanol–water partition coefficient (Wildman–Crippen LogP) is 2.16. The molecule has 0 radical (unpaired) electrons. The standard InChI is InChI=1S/C41H45FN6O9/c1-5-41(54)27-13-31-35-25(15-48(31)39(52)26(27)17-56-40(41)53)34-29(12-11-24-20(2)28(42)14-30(46-35)33(24)34)47-38(51)32(18-55-16-23-9-7-6-8-10-23)57-19-44-37(50)22(4)45-36(49)21(3)43/h6-10,13-14,21-22,29,32,54H,5,11-12,15-19,43H2,1-4H3,(H,44,50)(H,45,49)(H,47,51)/t21-,22-,29-,32+,41-/m0/s1. The molecule has 2 aliphatic heterocycles. The Morgan fingerprint density at radius 3 is 2.58 bits per heavy atom. The summed E-state index contributed by atoms with van der Waals surface area (Å²) in [5.74, 6) is -2.90. The number of nitrogens with one attached hydrogen (secondary N) is 3. The van der Waals surface area contributed by atoms with Gasteiger partial charge in [-0.15, -0.1) is 0 Å². The summed E-state index contributed by atoms with van der Waals surface area (Å²) >= 11 is 0. The third kappa shape index (κ3) is 7.29. The number of halogens is 1. The Hall–Kier alpha value is -5.55. The molecule has 3 aliphatic rings. The second kappa shape index (κ2) is 15.8. The molecule has 7 rings (SSSR count). The van der Waals surface area contributed by atoms with Crippen molar-refractivity contribution in [2.45, 2.75) is 96.5 Å². The Morgan fingerprint density at radius 1 is 1.11 bits per heavy atom. The molecule has 300 valence electrons. The third-order valence-electron chi connectivity index (χ3n) is 11.1. The summed E-state index contributed by atoms with van der Waals surface area (Å²) in [7, 11) is 0. The average molecular weight is 785 g/mol. The summed E-state index contributed by atoms with van der Waals surface area (Å²) in [6.07, 6.45) is -0.447. The van der Waals surface area contributed by atoms with Crippen molar-refractivity contribution < 1.29 is 42.9 Å². The van der Waals surface area contributed by atoms with Crippen molar-refractivity contribution in [3.8, 4) is 11.4 Å². The number of hydrogen-bond acceptors (Lipinski definition) is 11. The van der Waals surface area contributed by atoms with Crippen molar-refractivity contribution in [3.63, 3.8) is 0 Å².